The van der Waals surface area contributed by atoms with Gasteiger partial charge in [-0.3, -0.25) is 4.79 Å². The molecular weight excluding hydrogens is 294 g/mol. The van der Waals surface area contributed by atoms with Crippen molar-refractivity contribution in [1.82, 2.24) is 0 Å². The van der Waals surface area contributed by atoms with Crippen molar-refractivity contribution in [3.8, 4) is 5.75 Å². The lowest BCUT2D eigenvalue weighted by Gasteiger charge is -2.11. The van der Waals surface area contributed by atoms with E-state index in [-0.39, 0.29) is 5.78 Å². The standard InChI is InChI=1S/C16H14F2O2S/c1-10(21-13-7-8-14(17)15(18)9-13)16(19)11-3-5-12(20-2)6-4-11/h3-10H,1-2H3. The SMILES string of the molecule is COc1ccc(C(=O)C(C)Sc2ccc(F)c(F)c2)cc1. The lowest BCUT2D eigenvalue weighted by Crippen LogP contribution is -2.13. The van der Waals surface area contributed by atoms with Crippen LogP contribution in [0, 0.1) is 11.6 Å². The minimum absolute atomic E-state index is 0.0765. The zero-order valence-electron chi connectivity index (χ0n) is 11.6. The number of carbonyl (C=O) groups is 1. The van der Waals surface area contributed by atoms with E-state index in [4.69, 9.17) is 4.74 Å². The average molecular weight is 308 g/mol. The number of halogens is 2. The van der Waals surface area contributed by atoms with Gasteiger partial charge in [-0.05, 0) is 49.4 Å². The maximum absolute atomic E-state index is 13.1. The quantitative estimate of drug-likeness (QED) is 0.607. The molecule has 0 heterocycles. The highest BCUT2D eigenvalue weighted by Gasteiger charge is 2.17. The third-order valence-electron chi connectivity index (χ3n) is 2.95. The van der Waals surface area contributed by atoms with Crippen LogP contribution >= 0.6 is 11.8 Å². The Hall–Kier alpha value is -1.88. The first-order valence-electron chi connectivity index (χ1n) is 6.31. The molecule has 0 N–H and O–H groups in total. The monoisotopic (exact) mass is 308 g/mol. The number of carbonyl (C=O) groups excluding carboxylic acids is 1. The smallest absolute Gasteiger partial charge is 0.175 e. The Morgan fingerprint density at radius 2 is 1.76 bits per heavy atom. The van der Waals surface area contributed by atoms with E-state index in [1.165, 1.54) is 17.8 Å². The van der Waals surface area contributed by atoms with E-state index in [1.807, 2.05) is 0 Å². The summed E-state index contributed by atoms with van der Waals surface area (Å²) in [5.74, 6) is -1.21. The molecule has 1 atom stereocenters. The van der Waals surface area contributed by atoms with Gasteiger partial charge in [-0.25, -0.2) is 8.78 Å². The second-order valence-electron chi connectivity index (χ2n) is 4.43. The summed E-state index contributed by atoms with van der Waals surface area (Å²) < 4.78 is 31.1. The third-order valence-corrected chi connectivity index (χ3v) is 4.04. The maximum atomic E-state index is 13.1. The lowest BCUT2D eigenvalue weighted by atomic mass is 10.1. The predicted octanol–water partition coefficient (Wildman–Crippen LogP) is 4.34. The summed E-state index contributed by atoms with van der Waals surface area (Å²) in [5, 5.41) is -0.400. The van der Waals surface area contributed by atoms with Crippen LogP contribution in [0.5, 0.6) is 5.75 Å². The number of benzene rings is 2. The topological polar surface area (TPSA) is 26.3 Å². The van der Waals surface area contributed by atoms with Crippen LogP contribution in [0.2, 0.25) is 0 Å². The van der Waals surface area contributed by atoms with Crippen LogP contribution in [-0.4, -0.2) is 18.1 Å². The van der Waals surface area contributed by atoms with Crippen LogP contribution < -0.4 is 4.74 Å². The molecule has 0 aromatic heterocycles. The largest absolute Gasteiger partial charge is 0.497 e. The molecule has 2 aromatic carbocycles. The Morgan fingerprint density at radius 1 is 1.10 bits per heavy atom. The third kappa shape index (κ3) is 3.82. The molecule has 0 fully saturated rings. The van der Waals surface area contributed by atoms with Crippen LogP contribution in [0.25, 0.3) is 0 Å². The van der Waals surface area contributed by atoms with Crippen molar-refractivity contribution in [3.63, 3.8) is 0 Å². The average Bonchev–Trinajstić information content (AvgIpc) is 2.50. The van der Waals surface area contributed by atoms with E-state index in [1.54, 1.807) is 38.3 Å². The van der Waals surface area contributed by atoms with Gasteiger partial charge in [0.15, 0.2) is 17.4 Å². The van der Waals surface area contributed by atoms with E-state index in [2.05, 4.69) is 0 Å². The van der Waals surface area contributed by atoms with Crippen molar-refractivity contribution in [2.45, 2.75) is 17.1 Å². The first kappa shape index (κ1) is 15.5. The van der Waals surface area contributed by atoms with Crippen molar-refractivity contribution in [2.75, 3.05) is 7.11 Å². The predicted molar refractivity (Wildman–Crippen MR) is 79.0 cm³/mol. The maximum Gasteiger partial charge on any atom is 0.175 e. The number of thioether (sulfide) groups is 1. The molecule has 5 heteroatoms. The molecule has 110 valence electrons. The van der Waals surface area contributed by atoms with Gasteiger partial charge in [0.05, 0.1) is 12.4 Å². The zero-order chi connectivity index (χ0) is 15.4. The molecule has 0 saturated heterocycles. The van der Waals surface area contributed by atoms with Gasteiger partial charge in [-0.1, -0.05) is 0 Å². The van der Waals surface area contributed by atoms with Gasteiger partial charge in [0.2, 0.25) is 0 Å². The van der Waals surface area contributed by atoms with E-state index < -0.39 is 16.9 Å². The number of hydrogen-bond acceptors (Lipinski definition) is 3. The van der Waals surface area contributed by atoms with Gasteiger partial charge in [0.25, 0.3) is 0 Å². The van der Waals surface area contributed by atoms with Crippen LogP contribution in [0.15, 0.2) is 47.4 Å². The Balaban J connectivity index is 2.09. The molecule has 2 nitrogen and oxygen atoms in total. The highest BCUT2D eigenvalue weighted by atomic mass is 32.2. The van der Waals surface area contributed by atoms with Crippen LogP contribution in [0.3, 0.4) is 0 Å². The summed E-state index contributed by atoms with van der Waals surface area (Å²) in [5.41, 5.74) is 0.554. The van der Waals surface area contributed by atoms with E-state index in [9.17, 15) is 13.6 Å². The van der Waals surface area contributed by atoms with Gasteiger partial charge >= 0.3 is 0 Å². The highest BCUT2D eigenvalue weighted by Crippen LogP contribution is 2.27. The fourth-order valence-electron chi connectivity index (χ4n) is 1.80. The number of rotatable bonds is 5. The molecule has 1 unspecified atom stereocenters. The summed E-state index contributed by atoms with van der Waals surface area (Å²) in [6, 6.07) is 10.4. The van der Waals surface area contributed by atoms with Crippen molar-refractivity contribution < 1.29 is 18.3 Å². The van der Waals surface area contributed by atoms with Crippen LogP contribution in [0.4, 0.5) is 8.78 Å². The fourth-order valence-corrected chi connectivity index (χ4v) is 2.77. The number of hydrogen-bond donors (Lipinski definition) is 0. The summed E-state index contributed by atoms with van der Waals surface area (Å²) in [6.07, 6.45) is 0. The van der Waals surface area contributed by atoms with Gasteiger partial charge in [0, 0.05) is 10.5 Å². The number of ether oxygens (including phenoxy) is 1. The minimum atomic E-state index is -0.913. The lowest BCUT2D eigenvalue weighted by molar-refractivity contribution is 0.0994. The van der Waals surface area contributed by atoms with E-state index in [0.717, 1.165) is 12.1 Å². The molecule has 0 radical (unpaired) electrons. The number of ketones is 1. The van der Waals surface area contributed by atoms with Crippen molar-refractivity contribution in [2.24, 2.45) is 0 Å². The van der Waals surface area contributed by atoms with E-state index in [0.29, 0.717) is 16.2 Å². The Bertz CT molecular complexity index is 641. The molecule has 21 heavy (non-hydrogen) atoms. The molecule has 0 bridgehead atoms. The minimum Gasteiger partial charge on any atom is -0.497 e. The molecule has 0 aliphatic heterocycles. The zero-order valence-corrected chi connectivity index (χ0v) is 12.4. The fraction of sp³-hybridized carbons (Fsp3) is 0.188. The van der Waals surface area contributed by atoms with E-state index >= 15 is 0 Å². The highest BCUT2D eigenvalue weighted by molar-refractivity contribution is 8.00. The molecule has 0 aliphatic rings. The molecular formula is C16H14F2O2S. The molecule has 2 aromatic rings. The normalized spacial score (nSPS) is 12.0. The Morgan fingerprint density at radius 3 is 2.33 bits per heavy atom. The Kier molecular flexibility index (Phi) is 4.96. The van der Waals surface area contributed by atoms with Crippen LogP contribution in [-0.2, 0) is 0 Å². The van der Waals surface area contributed by atoms with Crippen molar-refractivity contribution >= 4 is 17.5 Å². The second kappa shape index (κ2) is 6.72. The second-order valence-corrected chi connectivity index (χ2v) is 5.84. The molecule has 0 aliphatic carbocycles. The first-order chi connectivity index (χ1) is 10.0. The Labute approximate surface area is 126 Å². The van der Waals surface area contributed by atoms with Crippen molar-refractivity contribution in [1.29, 1.82) is 0 Å². The molecule has 0 saturated carbocycles. The van der Waals surface area contributed by atoms with Gasteiger partial charge in [-0.2, -0.15) is 0 Å². The number of Topliss-reactive ketones (excluding diaryl/α,β-unsaturated/α-hetero) is 1. The first-order valence-corrected chi connectivity index (χ1v) is 7.19. The van der Waals surface area contributed by atoms with Gasteiger partial charge in [0.1, 0.15) is 5.75 Å². The summed E-state index contributed by atoms with van der Waals surface area (Å²) >= 11 is 1.19. The number of methoxy groups -OCH3 is 1. The molecule has 0 amide bonds. The summed E-state index contributed by atoms with van der Waals surface area (Å²) in [6.45, 7) is 1.73. The summed E-state index contributed by atoms with van der Waals surface area (Å²) in [7, 11) is 1.55. The molecule has 2 rings (SSSR count). The van der Waals surface area contributed by atoms with Gasteiger partial charge < -0.3 is 4.74 Å². The van der Waals surface area contributed by atoms with Gasteiger partial charge in [-0.15, -0.1) is 11.8 Å². The van der Waals surface area contributed by atoms with Crippen molar-refractivity contribution in [3.05, 3.63) is 59.7 Å². The van der Waals surface area contributed by atoms with Crippen LogP contribution in [0.1, 0.15) is 17.3 Å². The summed E-state index contributed by atoms with van der Waals surface area (Å²) in [4.78, 5) is 12.8. The molecule has 0 spiro atoms.